The van der Waals surface area contributed by atoms with E-state index in [0.717, 1.165) is 34.7 Å². The van der Waals surface area contributed by atoms with Crippen LogP contribution in [0.4, 0.5) is 0 Å². The van der Waals surface area contributed by atoms with Gasteiger partial charge in [0, 0.05) is 30.3 Å². The maximum atomic E-state index is 9.77. The Labute approximate surface area is 200 Å². The average Bonchev–Trinajstić information content (AvgIpc) is 3.20. The van der Waals surface area contributed by atoms with Gasteiger partial charge < -0.3 is 5.11 Å². The second kappa shape index (κ2) is 9.14. The lowest BCUT2D eigenvalue weighted by Crippen LogP contribution is -2.04. The van der Waals surface area contributed by atoms with Crippen LogP contribution in [-0.4, -0.2) is 19.5 Å². The molecule has 0 spiro atoms. The minimum Gasteiger partial charge on any atom is -0.508 e. The molecule has 0 saturated carbocycles. The third kappa shape index (κ3) is 4.44. The van der Waals surface area contributed by atoms with Crippen molar-refractivity contribution in [3.05, 3.63) is 119 Å². The lowest BCUT2D eigenvalue weighted by molar-refractivity contribution is 0.475. The van der Waals surface area contributed by atoms with Crippen LogP contribution < -0.4 is 0 Å². The summed E-state index contributed by atoms with van der Waals surface area (Å²) in [5.41, 5.74) is 9.74. The fourth-order valence-electron chi connectivity index (χ4n) is 4.49. The summed E-state index contributed by atoms with van der Waals surface area (Å²) < 4.78 is 2.24. The monoisotopic (exact) mass is 447 g/mol. The molecule has 0 radical (unpaired) electrons. The Morgan fingerprint density at radius 3 is 2.09 bits per heavy atom. The van der Waals surface area contributed by atoms with Crippen molar-refractivity contribution in [1.29, 1.82) is 0 Å². The van der Waals surface area contributed by atoms with E-state index in [-0.39, 0.29) is 5.75 Å². The first-order valence-electron chi connectivity index (χ1n) is 11.8. The number of hydrogen-bond acceptors (Lipinski definition) is 3. The van der Waals surface area contributed by atoms with Gasteiger partial charge in [0.15, 0.2) is 5.65 Å². The molecule has 1 N–H and O–H groups in total. The highest BCUT2D eigenvalue weighted by atomic mass is 16.3. The Hall–Kier alpha value is -3.92. The fourth-order valence-corrected chi connectivity index (χ4v) is 4.49. The molecular formula is C30H29N3O. The number of aromatic nitrogens is 3. The van der Waals surface area contributed by atoms with Crippen LogP contribution in [-0.2, 0) is 12.8 Å². The molecule has 0 atom stereocenters. The van der Waals surface area contributed by atoms with E-state index in [4.69, 9.17) is 9.97 Å². The van der Waals surface area contributed by atoms with Crippen molar-refractivity contribution in [2.75, 3.05) is 0 Å². The molecule has 0 aliphatic heterocycles. The molecule has 0 bridgehead atoms. The van der Waals surface area contributed by atoms with Crippen LogP contribution in [0.5, 0.6) is 5.75 Å². The molecule has 0 aliphatic carbocycles. The summed E-state index contributed by atoms with van der Waals surface area (Å²) in [6, 6.07) is 26.3. The quantitative estimate of drug-likeness (QED) is 0.314. The van der Waals surface area contributed by atoms with Crippen LogP contribution >= 0.6 is 0 Å². The number of phenols is 1. The smallest absolute Gasteiger partial charge is 0.159 e. The molecule has 0 fully saturated rings. The van der Waals surface area contributed by atoms with Crippen molar-refractivity contribution in [3.8, 4) is 17.0 Å². The van der Waals surface area contributed by atoms with Gasteiger partial charge in [-0.2, -0.15) is 0 Å². The summed E-state index contributed by atoms with van der Waals surface area (Å²) in [6.45, 7) is 6.56. The Bertz CT molecular complexity index is 1420. The van der Waals surface area contributed by atoms with Crippen molar-refractivity contribution < 1.29 is 5.11 Å². The third-order valence-corrected chi connectivity index (χ3v) is 6.21. The number of fused-ring (bicyclic) bond motifs is 1. The van der Waals surface area contributed by atoms with Crippen LogP contribution in [0.3, 0.4) is 0 Å². The predicted molar refractivity (Wildman–Crippen MR) is 137 cm³/mol. The van der Waals surface area contributed by atoms with E-state index in [1.807, 2.05) is 18.2 Å². The van der Waals surface area contributed by atoms with Gasteiger partial charge in [0.25, 0.3) is 0 Å². The van der Waals surface area contributed by atoms with E-state index in [9.17, 15) is 5.11 Å². The lowest BCUT2D eigenvalue weighted by Gasteiger charge is -2.12. The van der Waals surface area contributed by atoms with Crippen molar-refractivity contribution in [2.24, 2.45) is 0 Å². The number of aromatic hydroxyl groups is 1. The van der Waals surface area contributed by atoms with Gasteiger partial charge in [-0.3, -0.25) is 4.40 Å². The minimum atomic E-state index is 0.250. The number of phenolic OH excluding ortho intramolecular Hbond substituents is 1. The predicted octanol–water partition coefficient (Wildman–Crippen LogP) is 6.72. The molecule has 2 aromatic heterocycles. The highest BCUT2D eigenvalue weighted by Gasteiger charge is 2.20. The zero-order chi connectivity index (χ0) is 23.7. The molecule has 170 valence electrons. The number of nitrogens with zero attached hydrogens (tertiary/aromatic N) is 3. The maximum absolute atomic E-state index is 9.77. The zero-order valence-corrected chi connectivity index (χ0v) is 19.9. The van der Waals surface area contributed by atoms with E-state index in [0.29, 0.717) is 12.3 Å². The Morgan fingerprint density at radius 1 is 0.765 bits per heavy atom. The molecule has 0 aliphatic rings. The standard InChI is InChI=1S/C30H29N3O/c1-20(2)29-26(17-23-11-9-21(3)10-12-23)32-30-27(18-22-7-5-4-6-8-22)31-28(19-33(29)30)24-13-15-25(34)16-14-24/h4-16,19-20,34H,17-18H2,1-3H3. The highest BCUT2D eigenvalue weighted by molar-refractivity contribution is 5.63. The van der Waals surface area contributed by atoms with Crippen LogP contribution in [0.15, 0.2) is 85.1 Å². The molecule has 5 rings (SSSR count). The Morgan fingerprint density at radius 2 is 1.41 bits per heavy atom. The molecule has 4 heteroatoms. The second-order valence-electron chi connectivity index (χ2n) is 9.24. The Balaban J connectivity index is 1.69. The number of aryl methyl sites for hydroxylation is 1. The molecule has 0 saturated heterocycles. The largest absolute Gasteiger partial charge is 0.508 e. The van der Waals surface area contributed by atoms with Gasteiger partial charge in [-0.1, -0.05) is 74.0 Å². The third-order valence-electron chi connectivity index (χ3n) is 6.21. The molecule has 0 amide bonds. The first kappa shape index (κ1) is 21.9. The van der Waals surface area contributed by atoms with Crippen LogP contribution in [0.2, 0.25) is 0 Å². The molecule has 34 heavy (non-hydrogen) atoms. The van der Waals surface area contributed by atoms with Crippen LogP contribution in [0, 0.1) is 6.92 Å². The Kier molecular flexibility index (Phi) is 5.89. The van der Waals surface area contributed by atoms with Gasteiger partial charge in [0.1, 0.15) is 5.75 Å². The molecule has 4 nitrogen and oxygen atoms in total. The number of hydrogen-bond donors (Lipinski definition) is 1. The topological polar surface area (TPSA) is 50.4 Å². The van der Waals surface area contributed by atoms with Gasteiger partial charge in [0.05, 0.1) is 17.1 Å². The lowest BCUT2D eigenvalue weighted by atomic mass is 10.0. The number of benzene rings is 3. The molecule has 2 heterocycles. The molecule has 5 aromatic rings. The molecule has 0 unspecified atom stereocenters. The van der Waals surface area contributed by atoms with Gasteiger partial charge in [-0.25, -0.2) is 9.97 Å². The SMILES string of the molecule is Cc1ccc(Cc2nc3c(Cc4ccccc4)nc(-c4ccc(O)cc4)cn3c2C(C)C)cc1. The summed E-state index contributed by atoms with van der Waals surface area (Å²) in [4.78, 5) is 10.2. The maximum Gasteiger partial charge on any atom is 0.159 e. The van der Waals surface area contributed by atoms with E-state index in [1.54, 1.807) is 12.1 Å². The van der Waals surface area contributed by atoms with Gasteiger partial charge >= 0.3 is 0 Å². The molecular weight excluding hydrogens is 418 g/mol. The van der Waals surface area contributed by atoms with Gasteiger partial charge in [0.2, 0.25) is 0 Å². The summed E-state index contributed by atoms with van der Waals surface area (Å²) in [7, 11) is 0. The van der Waals surface area contributed by atoms with E-state index in [2.05, 4.69) is 79.9 Å². The van der Waals surface area contributed by atoms with Crippen LogP contribution in [0.25, 0.3) is 16.9 Å². The number of rotatable bonds is 6. The first-order valence-corrected chi connectivity index (χ1v) is 11.8. The number of imidazole rings is 1. The normalized spacial score (nSPS) is 11.4. The molecule has 3 aromatic carbocycles. The first-order chi connectivity index (χ1) is 16.5. The minimum absolute atomic E-state index is 0.250. The summed E-state index contributed by atoms with van der Waals surface area (Å²) in [5, 5.41) is 9.77. The second-order valence-corrected chi connectivity index (χ2v) is 9.24. The van der Waals surface area contributed by atoms with E-state index in [1.165, 1.54) is 22.4 Å². The zero-order valence-electron chi connectivity index (χ0n) is 19.9. The van der Waals surface area contributed by atoms with Gasteiger partial charge in [-0.15, -0.1) is 0 Å². The van der Waals surface area contributed by atoms with Crippen molar-refractivity contribution in [2.45, 2.75) is 39.5 Å². The van der Waals surface area contributed by atoms with E-state index < -0.39 is 0 Å². The summed E-state index contributed by atoms with van der Waals surface area (Å²) in [5.74, 6) is 0.551. The summed E-state index contributed by atoms with van der Waals surface area (Å²) in [6.07, 6.45) is 3.58. The van der Waals surface area contributed by atoms with Crippen molar-refractivity contribution in [1.82, 2.24) is 14.4 Å². The van der Waals surface area contributed by atoms with Crippen molar-refractivity contribution >= 4 is 5.65 Å². The van der Waals surface area contributed by atoms with Crippen LogP contribution in [0.1, 0.15) is 53.5 Å². The van der Waals surface area contributed by atoms with Gasteiger partial charge in [-0.05, 0) is 48.2 Å². The fraction of sp³-hybridized carbons (Fsp3) is 0.200. The van der Waals surface area contributed by atoms with Crippen molar-refractivity contribution in [3.63, 3.8) is 0 Å². The summed E-state index contributed by atoms with van der Waals surface area (Å²) >= 11 is 0. The highest BCUT2D eigenvalue weighted by Crippen LogP contribution is 2.29. The average molecular weight is 448 g/mol. The van der Waals surface area contributed by atoms with E-state index >= 15 is 0 Å².